The van der Waals surface area contributed by atoms with E-state index in [1.807, 2.05) is 42.5 Å². The number of rotatable bonds is 5. The molecule has 1 aromatic carbocycles. The normalized spacial score (nSPS) is 9.70. The predicted molar refractivity (Wildman–Crippen MR) is 71.4 cm³/mol. The van der Waals surface area contributed by atoms with Gasteiger partial charge >= 0.3 is 0 Å². The van der Waals surface area contributed by atoms with Crippen molar-refractivity contribution in [2.24, 2.45) is 0 Å². The summed E-state index contributed by atoms with van der Waals surface area (Å²) in [6.07, 6.45) is 2.42. The number of nitrogens with zero attached hydrogens (tertiary/aromatic N) is 4. The average Bonchev–Trinajstić information content (AvgIpc) is 2.88. The standard InChI is InChI=1S/C15H12N4O/c16-8-14-15(9-17)19(11-18-14)10-13(20)7-6-12-4-2-1-3-5-12/h1-5,11H,6-7,10H2. The van der Waals surface area contributed by atoms with Gasteiger partial charge in [0, 0.05) is 6.42 Å². The van der Waals surface area contributed by atoms with E-state index in [1.165, 1.54) is 10.9 Å². The maximum atomic E-state index is 11.9. The first-order valence-electron chi connectivity index (χ1n) is 6.15. The fourth-order valence-electron chi connectivity index (χ4n) is 1.90. The van der Waals surface area contributed by atoms with E-state index in [2.05, 4.69) is 4.98 Å². The summed E-state index contributed by atoms with van der Waals surface area (Å²) in [6.45, 7) is 0.0738. The summed E-state index contributed by atoms with van der Waals surface area (Å²) in [4.78, 5) is 15.7. The number of hydrogen-bond donors (Lipinski definition) is 0. The molecule has 0 aliphatic heterocycles. The average molecular weight is 264 g/mol. The van der Waals surface area contributed by atoms with Crippen molar-refractivity contribution in [3.63, 3.8) is 0 Å². The largest absolute Gasteiger partial charge is 0.314 e. The Morgan fingerprint density at radius 1 is 1.20 bits per heavy atom. The van der Waals surface area contributed by atoms with Gasteiger partial charge in [-0.2, -0.15) is 10.5 Å². The van der Waals surface area contributed by atoms with Crippen LogP contribution < -0.4 is 0 Å². The molecule has 2 aromatic rings. The van der Waals surface area contributed by atoms with Crippen LogP contribution in [0.2, 0.25) is 0 Å². The van der Waals surface area contributed by atoms with E-state index in [0.717, 1.165) is 5.56 Å². The third-order valence-corrected chi connectivity index (χ3v) is 2.93. The van der Waals surface area contributed by atoms with Crippen LogP contribution in [0.1, 0.15) is 23.4 Å². The summed E-state index contributed by atoms with van der Waals surface area (Å²) in [6, 6.07) is 13.5. The molecule has 0 aliphatic carbocycles. The van der Waals surface area contributed by atoms with Crippen LogP contribution in [0.4, 0.5) is 0 Å². The van der Waals surface area contributed by atoms with Gasteiger partial charge in [0.05, 0.1) is 12.9 Å². The highest BCUT2D eigenvalue weighted by Gasteiger charge is 2.12. The van der Waals surface area contributed by atoms with Crippen molar-refractivity contribution in [2.75, 3.05) is 0 Å². The van der Waals surface area contributed by atoms with Gasteiger partial charge in [0.2, 0.25) is 0 Å². The number of aryl methyl sites for hydroxylation is 1. The zero-order valence-electron chi connectivity index (χ0n) is 10.8. The van der Waals surface area contributed by atoms with Crippen molar-refractivity contribution >= 4 is 5.78 Å². The minimum Gasteiger partial charge on any atom is -0.314 e. The molecule has 20 heavy (non-hydrogen) atoms. The molecule has 5 heteroatoms. The molecule has 0 bridgehead atoms. The Kier molecular flexibility index (Phi) is 4.26. The molecule has 0 aliphatic rings. The summed E-state index contributed by atoms with van der Waals surface area (Å²) in [5, 5.41) is 17.8. The number of imidazole rings is 1. The van der Waals surface area contributed by atoms with Gasteiger partial charge in [-0.15, -0.1) is 0 Å². The predicted octanol–water partition coefficient (Wildman–Crippen LogP) is 1.83. The Labute approximate surface area is 116 Å². The van der Waals surface area contributed by atoms with Crippen molar-refractivity contribution in [1.29, 1.82) is 10.5 Å². The number of carbonyl (C=O) groups is 1. The fraction of sp³-hybridized carbons (Fsp3) is 0.200. The molecule has 0 spiro atoms. The molecular formula is C15H12N4O. The second-order valence-electron chi connectivity index (χ2n) is 4.32. The zero-order chi connectivity index (χ0) is 14.4. The quantitative estimate of drug-likeness (QED) is 0.824. The van der Waals surface area contributed by atoms with E-state index >= 15 is 0 Å². The molecule has 0 unspecified atom stereocenters. The Hall–Kier alpha value is -2.92. The first-order chi connectivity index (χ1) is 9.74. The van der Waals surface area contributed by atoms with Gasteiger partial charge in [0.15, 0.2) is 17.2 Å². The molecule has 98 valence electrons. The highest BCUT2D eigenvalue weighted by molar-refractivity contribution is 5.78. The molecule has 1 aromatic heterocycles. The second kappa shape index (κ2) is 6.31. The molecule has 0 atom stereocenters. The number of benzene rings is 1. The second-order valence-corrected chi connectivity index (χ2v) is 4.32. The van der Waals surface area contributed by atoms with Gasteiger partial charge in [-0.25, -0.2) is 4.98 Å². The Morgan fingerprint density at radius 3 is 2.60 bits per heavy atom. The molecular weight excluding hydrogens is 252 g/mol. The van der Waals surface area contributed by atoms with Crippen LogP contribution >= 0.6 is 0 Å². The lowest BCUT2D eigenvalue weighted by atomic mass is 10.1. The first kappa shape index (κ1) is 13.5. The topological polar surface area (TPSA) is 82.5 Å². The van der Waals surface area contributed by atoms with Gasteiger partial charge in [-0.3, -0.25) is 4.79 Å². The molecule has 0 saturated heterocycles. The maximum Gasteiger partial charge on any atom is 0.176 e. The number of hydrogen-bond acceptors (Lipinski definition) is 4. The molecule has 0 fully saturated rings. The Balaban J connectivity index is 1.97. The smallest absolute Gasteiger partial charge is 0.176 e. The summed E-state index contributed by atoms with van der Waals surface area (Å²) >= 11 is 0. The lowest BCUT2D eigenvalue weighted by molar-refractivity contribution is -0.119. The first-order valence-corrected chi connectivity index (χ1v) is 6.15. The maximum absolute atomic E-state index is 11.9. The number of nitriles is 2. The number of ketones is 1. The number of Topliss-reactive ketones (excluding diaryl/α,β-unsaturated/α-hetero) is 1. The van der Waals surface area contributed by atoms with E-state index in [1.54, 1.807) is 0 Å². The van der Waals surface area contributed by atoms with E-state index in [4.69, 9.17) is 10.5 Å². The van der Waals surface area contributed by atoms with Crippen LogP contribution in [-0.2, 0) is 17.8 Å². The zero-order valence-corrected chi connectivity index (χ0v) is 10.8. The number of carbonyl (C=O) groups excluding carboxylic acids is 1. The van der Waals surface area contributed by atoms with Gasteiger partial charge in [0.1, 0.15) is 12.1 Å². The lowest BCUT2D eigenvalue weighted by Crippen LogP contribution is -2.11. The molecule has 0 amide bonds. The molecule has 5 nitrogen and oxygen atoms in total. The van der Waals surface area contributed by atoms with Crippen LogP contribution in [0.3, 0.4) is 0 Å². The third kappa shape index (κ3) is 3.09. The minimum atomic E-state index is 0.00671. The SMILES string of the molecule is N#Cc1ncn(CC(=O)CCc2ccccc2)c1C#N. The Bertz CT molecular complexity index is 689. The highest BCUT2D eigenvalue weighted by atomic mass is 16.1. The van der Waals surface area contributed by atoms with Crippen molar-refractivity contribution < 1.29 is 4.79 Å². The molecule has 1 heterocycles. The van der Waals surface area contributed by atoms with E-state index in [-0.39, 0.29) is 23.7 Å². The van der Waals surface area contributed by atoms with Gasteiger partial charge in [-0.1, -0.05) is 30.3 Å². The van der Waals surface area contributed by atoms with Crippen LogP contribution in [0.15, 0.2) is 36.7 Å². The molecule has 0 radical (unpaired) electrons. The molecule has 0 saturated carbocycles. The third-order valence-electron chi connectivity index (χ3n) is 2.93. The van der Waals surface area contributed by atoms with Crippen LogP contribution in [0.5, 0.6) is 0 Å². The summed E-state index contributed by atoms with van der Waals surface area (Å²) in [5.41, 5.74) is 1.30. The summed E-state index contributed by atoms with van der Waals surface area (Å²) in [5.74, 6) is 0.00671. The lowest BCUT2D eigenvalue weighted by Gasteiger charge is -2.03. The van der Waals surface area contributed by atoms with Crippen molar-refractivity contribution in [1.82, 2.24) is 9.55 Å². The summed E-state index contributed by atoms with van der Waals surface area (Å²) in [7, 11) is 0. The van der Waals surface area contributed by atoms with Crippen molar-refractivity contribution in [3.05, 3.63) is 53.6 Å². The van der Waals surface area contributed by atoms with Gasteiger partial charge in [-0.05, 0) is 12.0 Å². The van der Waals surface area contributed by atoms with E-state index in [9.17, 15) is 4.79 Å². The summed E-state index contributed by atoms with van der Waals surface area (Å²) < 4.78 is 1.42. The van der Waals surface area contributed by atoms with E-state index in [0.29, 0.717) is 12.8 Å². The van der Waals surface area contributed by atoms with Gasteiger partial charge in [0.25, 0.3) is 0 Å². The highest BCUT2D eigenvalue weighted by Crippen LogP contribution is 2.07. The monoisotopic (exact) mass is 264 g/mol. The van der Waals surface area contributed by atoms with Crippen molar-refractivity contribution in [3.8, 4) is 12.1 Å². The molecule has 2 rings (SSSR count). The van der Waals surface area contributed by atoms with Crippen LogP contribution in [-0.4, -0.2) is 15.3 Å². The van der Waals surface area contributed by atoms with Crippen LogP contribution in [0, 0.1) is 22.7 Å². The fourth-order valence-corrected chi connectivity index (χ4v) is 1.90. The van der Waals surface area contributed by atoms with Gasteiger partial charge < -0.3 is 4.57 Å². The van der Waals surface area contributed by atoms with Crippen LogP contribution in [0.25, 0.3) is 0 Å². The Morgan fingerprint density at radius 2 is 1.95 bits per heavy atom. The minimum absolute atomic E-state index is 0.00671. The van der Waals surface area contributed by atoms with E-state index < -0.39 is 0 Å². The van der Waals surface area contributed by atoms with Crippen molar-refractivity contribution in [2.45, 2.75) is 19.4 Å². The number of aromatic nitrogens is 2. The molecule has 0 N–H and O–H groups in total.